The van der Waals surface area contributed by atoms with Gasteiger partial charge in [-0.2, -0.15) is 4.72 Å². The molecule has 0 saturated carbocycles. The van der Waals surface area contributed by atoms with Crippen LogP contribution in [0.5, 0.6) is 5.75 Å². The molecular weight excluding hydrogens is 520 g/mol. The quantitative estimate of drug-likeness (QED) is 0.239. The average Bonchev–Trinajstić information content (AvgIpc) is 3.30. The third-order valence-electron chi connectivity index (χ3n) is 5.36. The maximum Gasteiger partial charge on any atom is 0.321 e. The van der Waals surface area contributed by atoms with Gasteiger partial charge in [0.15, 0.2) is 4.34 Å². The number of thiazole rings is 1. The second kappa shape index (κ2) is 11.4. The number of aliphatic hydroxyl groups excluding tert-OH is 1. The van der Waals surface area contributed by atoms with Crippen LogP contribution < -0.4 is 9.46 Å². The van der Waals surface area contributed by atoms with Gasteiger partial charge in [-0.15, -0.1) is 11.3 Å². The van der Waals surface area contributed by atoms with Crippen LogP contribution in [0.3, 0.4) is 0 Å². The van der Waals surface area contributed by atoms with Gasteiger partial charge < -0.3 is 14.9 Å². The number of aliphatic carboxylic acids is 1. The molecule has 36 heavy (non-hydrogen) atoms. The lowest BCUT2D eigenvalue weighted by Crippen LogP contribution is -2.43. The number of para-hydroxylation sites is 1. The van der Waals surface area contributed by atoms with Crippen LogP contribution in [0.4, 0.5) is 0 Å². The zero-order valence-corrected chi connectivity index (χ0v) is 21.6. The Morgan fingerprint density at radius 3 is 2.31 bits per heavy atom. The van der Waals surface area contributed by atoms with E-state index in [1.165, 1.54) is 35.2 Å². The number of nitrogens with zero attached hydrogens (tertiary/aromatic N) is 1. The van der Waals surface area contributed by atoms with Crippen molar-refractivity contribution in [1.29, 1.82) is 0 Å². The number of methoxy groups -OCH3 is 1. The molecule has 0 aliphatic rings. The lowest BCUT2D eigenvalue weighted by molar-refractivity contribution is -0.139. The van der Waals surface area contributed by atoms with Crippen molar-refractivity contribution in [2.45, 2.75) is 27.8 Å². The Kier molecular flexibility index (Phi) is 8.27. The highest BCUT2D eigenvalue weighted by Gasteiger charge is 2.28. The molecule has 11 heteroatoms. The second-order valence-corrected chi connectivity index (χ2v) is 11.9. The van der Waals surface area contributed by atoms with E-state index in [1.54, 1.807) is 31.4 Å². The fourth-order valence-corrected chi connectivity index (χ4v) is 6.73. The molecule has 2 atom stereocenters. The number of thioether (sulfide) groups is 1. The summed E-state index contributed by atoms with van der Waals surface area (Å²) < 4.78 is 34.8. The highest BCUT2D eigenvalue weighted by Crippen LogP contribution is 2.30. The number of ether oxygens (including phenoxy) is 1. The van der Waals surface area contributed by atoms with Crippen LogP contribution in [0.25, 0.3) is 21.3 Å². The van der Waals surface area contributed by atoms with Gasteiger partial charge in [0, 0.05) is 12.2 Å². The Balaban J connectivity index is 1.38. The molecule has 4 rings (SSSR count). The number of hydrogen-bond donors (Lipinski definition) is 3. The fraction of sp³-hybridized carbons (Fsp3) is 0.200. The lowest BCUT2D eigenvalue weighted by atomic mass is 10.1. The zero-order valence-electron chi connectivity index (χ0n) is 19.2. The van der Waals surface area contributed by atoms with Crippen LogP contribution in [-0.4, -0.2) is 54.6 Å². The summed E-state index contributed by atoms with van der Waals surface area (Å²) in [5, 5.41) is 20.0. The first-order valence-corrected chi connectivity index (χ1v) is 14.2. The maximum absolute atomic E-state index is 12.9. The van der Waals surface area contributed by atoms with E-state index in [-0.39, 0.29) is 17.1 Å². The van der Waals surface area contributed by atoms with Crippen molar-refractivity contribution >= 4 is 49.3 Å². The van der Waals surface area contributed by atoms with Crippen molar-refractivity contribution in [3.05, 3.63) is 72.8 Å². The molecular formula is C25H24N2O6S3. The number of nitrogens with one attached hydrogen (secondary N) is 1. The van der Waals surface area contributed by atoms with Crippen LogP contribution >= 0.6 is 23.1 Å². The number of carbonyl (C=O) groups is 1. The summed E-state index contributed by atoms with van der Waals surface area (Å²) in [4.78, 5) is 16.2. The third-order valence-corrected chi connectivity index (χ3v) is 9.18. The number of carboxylic acids is 1. The maximum atomic E-state index is 12.9. The third kappa shape index (κ3) is 6.42. The number of sulfonamides is 1. The molecule has 0 aliphatic carbocycles. The first kappa shape index (κ1) is 26.1. The van der Waals surface area contributed by atoms with Crippen LogP contribution in [0.2, 0.25) is 0 Å². The smallest absolute Gasteiger partial charge is 0.321 e. The van der Waals surface area contributed by atoms with E-state index in [4.69, 9.17) is 4.74 Å². The molecule has 1 heterocycles. The normalized spacial score (nSPS) is 13.4. The van der Waals surface area contributed by atoms with Crippen LogP contribution in [0, 0.1) is 0 Å². The van der Waals surface area contributed by atoms with E-state index in [9.17, 15) is 23.4 Å². The van der Waals surface area contributed by atoms with Gasteiger partial charge in [0.2, 0.25) is 10.0 Å². The van der Waals surface area contributed by atoms with Gasteiger partial charge in [-0.05, 0) is 47.5 Å². The summed E-state index contributed by atoms with van der Waals surface area (Å²) in [7, 11) is -2.55. The van der Waals surface area contributed by atoms with E-state index >= 15 is 0 Å². The van der Waals surface area contributed by atoms with Crippen molar-refractivity contribution in [2.24, 2.45) is 0 Å². The summed E-state index contributed by atoms with van der Waals surface area (Å²) in [6.07, 6.45) is -1.33. The molecule has 1 aromatic heterocycles. The standard InChI is InChI=1S/C25H24N2O6S3/c1-33-19-10-6-16(7-11-19)17-8-12-20(13-9-17)36(31,32)27-22(24(29)30)14-18(28)15-34-25-26-21-4-2-3-5-23(21)35-25/h2-13,18,22,27-28H,14-15H2,1H3,(H,29,30). The van der Waals surface area contributed by atoms with Crippen molar-refractivity contribution in [3.8, 4) is 16.9 Å². The van der Waals surface area contributed by atoms with Crippen molar-refractivity contribution in [1.82, 2.24) is 9.71 Å². The molecule has 3 aromatic carbocycles. The number of hydrogen-bond acceptors (Lipinski definition) is 8. The number of aromatic nitrogens is 1. The Morgan fingerprint density at radius 2 is 1.69 bits per heavy atom. The van der Waals surface area contributed by atoms with Crippen LogP contribution in [0.1, 0.15) is 6.42 Å². The molecule has 0 saturated heterocycles. The highest BCUT2D eigenvalue weighted by atomic mass is 32.2. The number of benzene rings is 3. The molecule has 188 valence electrons. The zero-order chi connectivity index (χ0) is 25.7. The number of aliphatic hydroxyl groups is 1. The molecule has 8 nitrogen and oxygen atoms in total. The van der Waals surface area contributed by atoms with Gasteiger partial charge in [-0.3, -0.25) is 4.79 Å². The van der Waals surface area contributed by atoms with Gasteiger partial charge >= 0.3 is 5.97 Å². The molecule has 3 N–H and O–H groups in total. The summed E-state index contributed by atoms with van der Waals surface area (Å²) in [6, 6.07) is 19.6. The van der Waals surface area contributed by atoms with E-state index in [0.717, 1.165) is 25.7 Å². The predicted molar refractivity (Wildman–Crippen MR) is 141 cm³/mol. The summed E-state index contributed by atoms with van der Waals surface area (Å²) in [6.45, 7) is 0. The van der Waals surface area contributed by atoms with Crippen molar-refractivity contribution < 1.29 is 28.2 Å². The summed E-state index contributed by atoms with van der Waals surface area (Å²) in [5.74, 6) is -0.470. The number of rotatable bonds is 11. The Labute approximate surface area is 217 Å². The molecule has 0 amide bonds. The highest BCUT2D eigenvalue weighted by molar-refractivity contribution is 8.01. The minimum atomic E-state index is -4.12. The van der Waals surface area contributed by atoms with Gasteiger partial charge in [0.05, 0.1) is 28.3 Å². The predicted octanol–water partition coefficient (Wildman–Crippen LogP) is 4.25. The van der Waals surface area contributed by atoms with Crippen molar-refractivity contribution in [2.75, 3.05) is 12.9 Å². The summed E-state index contributed by atoms with van der Waals surface area (Å²) >= 11 is 2.78. The monoisotopic (exact) mass is 544 g/mol. The minimum absolute atomic E-state index is 0.0654. The van der Waals surface area contributed by atoms with Crippen molar-refractivity contribution in [3.63, 3.8) is 0 Å². The molecule has 0 fully saturated rings. The Morgan fingerprint density at radius 1 is 1.06 bits per heavy atom. The molecule has 0 spiro atoms. The van der Waals surface area contributed by atoms with Gasteiger partial charge in [-0.25, -0.2) is 13.4 Å². The van der Waals surface area contributed by atoms with Gasteiger partial charge in [-0.1, -0.05) is 48.2 Å². The summed E-state index contributed by atoms with van der Waals surface area (Å²) in [5.41, 5.74) is 2.53. The molecule has 0 radical (unpaired) electrons. The first-order chi connectivity index (χ1) is 17.2. The van der Waals surface area contributed by atoms with E-state index in [1.807, 2.05) is 36.4 Å². The molecule has 0 bridgehead atoms. The Bertz CT molecular complexity index is 1400. The fourth-order valence-electron chi connectivity index (χ4n) is 3.49. The molecule has 0 aliphatic heterocycles. The van der Waals surface area contributed by atoms with E-state index in [0.29, 0.717) is 5.75 Å². The Hall–Kier alpha value is -2.96. The van der Waals surface area contributed by atoms with Gasteiger partial charge in [0.1, 0.15) is 11.8 Å². The first-order valence-electron chi connectivity index (χ1n) is 10.9. The SMILES string of the molecule is COc1ccc(-c2ccc(S(=O)(=O)NC(CC(O)CSc3nc4ccccc4s3)C(=O)O)cc2)cc1. The second-order valence-electron chi connectivity index (χ2n) is 7.91. The van der Waals surface area contributed by atoms with Gasteiger partial charge in [0.25, 0.3) is 0 Å². The minimum Gasteiger partial charge on any atom is -0.497 e. The largest absolute Gasteiger partial charge is 0.497 e. The average molecular weight is 545 g/mol. The van der Waals surface area contributed by atoms with E-state index in [2.05, 4.69) is 9.71 Å². The van der Waals surface area contributed by atoms with Crippen LogP contribution in [-0.2, 0) is 14.8 Å². The van der Waals surface area contributed by atoms with Crippen LogP contribution in [0.15, 0.2) is 82.0 Å². The van der Waals surface area contributed by atoms with E-state index < -0.39 is 28.1 Å². The number of carboxylic acid groups (broad SMARTS) is 1. The molecule has 2 unspecified atom stereocenters. The number of fused-ring (bicyclic) bond motifs is 1. The topological polar surface area (TPSA) is 126 Å². The lowest BCUT2D eigenvalue weighted by Gasteiger charge is -2.18. The molecule has 4 aromatic rings.